The quantitative estimate of drug-likeness (QED) is 0.558. The van der Waals surface area contributed by atoms with Crippen molar-refractivity contribution in [2.45, 2.75) is 0 Å². The molecule has 4 heteroatoms. The second-order valence-corrected chi connectivity index (χ2v) is 2.84. The molecule has 0 aromatic heterocycles. The number of aliphatic imine (C=N–C) groups is 1. The average molecular weight is 182 g/mol. The third-order valence-electron chi connectivity index (χ3n) is 1.37. The minimum atomic E-state index is -0.659. The van der Waals surface area contributed by atoms with Crippen LogP contribution in [0.15, 0.2) is 23.2 Å². The van der Waals surface area contributed by atoms with Gasteiger partial charge in [-0.15, -0.1) is 0 Å². The molecule has 0 saturated heterocycles. The summed E-state index contributed by atoms with van der Waals surface area (Å²) < 4.78 is 12.8. The van der Waals surface area contributed by atoms with Crippen molar-refractivity contribution in [2.24, 2.45) is 4.99 Å². The van der Waals surface area contributed by atoms with Crippen LogP contribution in [0.5, 0.6) is 5.75 Å². The number of aromatic hydroxyl groups is 1. The fourth-order valence-corrected chi connectivity index (χ4v) is 0.758. The minimum Gasteiger partial charge on any atom is -0.505 e. The Bertz CT molecular complexity index is 323. The standard InChI is InChI=1S/C9H11FN2O/c1-12(2)6-11-7-3-4-9(13)8(10)5-7/h3-6,13H,1-2H3. The highest BCUT2D eigenvalue weighted by atomic mass is 19.1. The Hall–Kier alpha value is -1.58. The lowest BCUT2D eigenvalue weighted by Gasteiger charge is -2.02. The van der Waals surface area contributed by atoms with Gasteiger partial charge in [0.15, 0.2) is 11.6 Å². The van der Waals surface area contributed by atoms with Gasteiger partial charge in [-0.25, -0.2) is 9.38 Å². The number of nitrogens with zero attached hydrogens (tertiary/aromatic N) is 2. The molecule has 0 fully saturated rings. The van der Waals surface area contributed by atoms with Crippen molar-refractivity contribution < 1.29 is 9.50 Å². The fourth-order valence-electron chi connectivity index (χ4n) is 0.758. The summed E-state index contributed by atoms with van der Waals surface area (Å²) in [4.78, 5) is 5.70. The third-order valence-corrected chi connectivity index (χ3v) is 1.37. The van der Waals surface area contributed by atoms with Gasteiger partial charge in [0, 0.05) is 20.2 Å². The predicted octanol–water partition coefficient (Wildman–Crippen LogP) is 1.75. The normalized spacial score (nSPS) is 10.7. The van der Waals surface area contributed by atoms with Crippen LogP contribution in [-0.4, -0.2) is 30.4 Å². The highest BCUT2D eigenvalue weighted by Gasteiger charge is 1.99. The van der Waals surface area contributed by atoms with E-state index in [1.807, 2.05) is 14.1 Å². The second kappa shape index (κ2) is 3.89. The molecule has 13 heavy (non-hydrogen) atoms. The largest absolute Gasteiger partial charge is 0.505 e. The van der Waals surface area contributed by atoms with E-state index in [4.69, 9.17) is 5.11 Å². The van der Waals surface area contributed by atoms with E-state index >= 15 is 0 Å². The van der Waals surface area contributed by atoms with Crippen molar-refractivity contribution in [3.8, 4) is 5.75 Å². The number of rotatable bonds is 2. The number of phenolic OH excluding ortho intramolecular Hbond substituents is 1. The maximum atomic E-state index is 12.8. The lowest BCUT2D eigenvalue weighted by molar-refractivity contribution is 0.432. The van der Waals surface area contributed by atoms with Gasteiger partial charge in [-0.2, -0.15) is 0 Å². The van der Waals surface area contributed by atoms with Crippen molar-refractivity contribution in [1.82, 2.24) is 4.90 Å². The Morgan fingerprint density at radius 3 is 2.69 bits per heavy atom. The highest BCUT2D eigenvalue weighted by Crippen LogP contribution is 2.20. The molecule has 0 amide bonds. The number of hydrogen-bond acceptors (Lipinski definition) is 2. The Morgan fingerprint density at radius 2 is 2.15 bits per heavy atom. The van der Waals surface area contributed by atoms with E-state index in [0.29, 0.717) is 5.69 Å². The van der Waals surface area contributed by atoms with Gasteiger partial charge in [-0.3, -0.25) is 0 Å². The molecule has 1 N–H and O–H groups in total. The first-order valence-electron chi connectivity index (χ1n) is 3.79. The van der Waals surface area contributed by atoms with E-state index < -0.39 is 5.82 Å². The first-order valence-corrected chi connectivity index (χ1v) is 3.79. The van der Waals surface area contributed by atoms with Gasteiger partial charge in [0.25, 0.3) is 0 Å². The zero-order chi connectivity index (χ0) is 9.84. The maximum Gasteiger partial charge on any atom is 0.166 e. The van der Waals surface area contributed by atoms with Crippen molar-refractivity contribution in [1.29, 1.82) is 0 Å². The molecular formula is C9H11FN2O. The Labute approximate surface area is 76.1 Å². The van der Waals surface area contributed by atoms with Gasteiger partial charge < -0.3 is 10.0 Å². The van der Waals surface area contributed by atoms with Crippen LogP contribution in [-0.2, 0) is 0 Å². The minimum absolute atomic E-state index is 0.358. The van der Waals surface area contributed by atoms with Crippen LogP contribution in [0.4, 0.5) is 10.1 Å². The first kappa shape index (κ1) is 9.51. The van der Waals surface area contributed by atoms with E-state index in [1.54, 1.807) is 17.3 Å². The molecule has 0 aliphatic heterocycles. The smallest absolute Gasteiger partial charge is 0.166 e. The SMILES string of the molecule is CN(C)C=Nc1ccc(O)c(F)c1. The van der Waals surface area contributed by atoms with Gasteiger partial charge >= 0.3 is 0 Å². The molecule has 0 radical (unpaired) electrons. The van der Waals surface area contributed by atoms with Crippen LogP contribution < -0.4 is 0 Å². The summed E-state index contributed by atoms with van der Waals surface area (Å²) in [7, 11) is 3.64. The molecule has 0 spiro atoms. The lowest BCUT2D eigenvalue weighted by Crippen LogP contribution is -2.06. The van der Waals surface area contributed by atoms with Crippen molar-refractivity contribution in [2.75, 3.05) is 14.1 Å². The zero-order valence-corrected chi connectivity index (χ0v) is 7.53. The summed E-state index contributed by atoms with van der Waals surface area (Å²) in [5.41, 5.74) is 0.476. The summed E-state index contributed by atoms with van der Waals surface area (Å²) in [6, 6.07) is 3.99. The maximum absolute atomic E-state index is 12.8. The van der Waals surface area contributed by atoms with Gasteiger partial charge in [-0.05, 0) is 12.1 Å². The highest BCUT2D eigenvalue weighted by molar-refractivity contribution is 5.61. The molecule has 0 bridgehead atoms. The van der Waals surface area contributed by atoms with Gasteiger partial charge in [0.2, 0.25) is 0 Å². The Kier molecular flexibility index (Phi) is 2.84. The molecule has 0 unspecified atom stereocenters. The summed E-state index contributed by atoms with van der Waals surface area (Å²) in [6.07, 6.45) is 1.56. The van der Waals surface area contributed by atoms with Crippen LogP contribution in [0.1, 0.15) is 0 Å². The summed E-state index contributed by atoms with van der Waals surface area (Å²) in [5, 5.41) is 8.88. The Balaban J connectivity index is 2.85. The molecule has 1 aromatic carbocycles. The first-order chi connectivity index (χ1) is 6.09. The molecule has 70 valence electrons. The predicted molar refractivity (Wildman–Crippen MR) is 49.9 cm³/mol. The second-order valence-electron chi connectivity index (χ2n) is 2.84. The van der Waals surface area contributed by atoms with Crippen LogP contribution in [0, 0.1) is 5.82 Å². The fraction of sp³-hybridized carbons (Fsp3) is 0.222. The van der Waals surface area contributed by atoms with Gasteiger partial charge in [-0.1, -0.05) is 0 Å². The van der Waals surface area contributed by atoms with Gasteiger partial charge in [0.05, 0.1) is 12.0 Å². The van der Waals surface area contributed by atoms with Crippen LogP contribution in [0.2, 0.25) is 0 Å². The summed E-state index contributed by atoms with van der Waals surface area (Å²) >= 11 is 0. The molecule has 0 heterocycles. The average Bonchev–Trinajstić information content (AvgIpc) is 2.07. The van der Waals surface area contributed by atoms with Gasteiger partial charge in [0.1, 0.15) is 0 Å². The van der Waals surface area contributed by atoms with Crippen LogP contribution in [0.25, 0.3) is 0 Å². The van der Waals surface area contributed by atoms with E-state index in [9.17, 15) is 4.39 Å². The van der Waals surface area contributed by atoms with E-state index in [2.05, 4.69) is 4.99 Å². The molecule has 3 nitrogen and oxygen atoms in total. The molecule has 0 aliphatic rings. The number of hydrogen-bond donors (Lipinski definition) is 1. The van der Waals surface area contributed by atoms with E-state index in [-0.39, 0.29) is 5.75 Å². The molecular weight excluding hydrogens is 171 g/mol. The molecule has 0 saturated carbocycles. The summed E-state index contributed by atoms with van der Waals surface area (Å²) in [6.45, 7) is 0. The van der Waals surface area contributed by atoms with Crippen LogP contribution >= 0.6 is 0 Å². The molecule has 0 aliphatic carbocycles. The van der Waals surface area contributed by atoms with Crippen molar-refractivity contribution in [3.05, 3.63) is 24.0 Å². The van der Waals surface area contributed by atoms with Crippen LogP contribution in [0.3, 0.4) is 0 Å². The third kappa shape index (κ3) is 2.74. The Morgan fingerprint density at radius 1 is 1.46 bits per heavy atom. The summed E-state index contributed by atoms with van der Waals surface area (Å²) in [5.74, 6) is -1.02. The van der Waals surface area contributed by atoms with E-state index in [0.717, 1.165) is 0 Å². The molecule has 1 aromatic rings. The topological polar surface area (TPSA) is 35.8 Å². The lowest BCUT2D eigenvalue weighted by atomic mass is 10.3. The van der Waals surface area contributed by atoms with Crippen molar-refractivity contribution in [3.63, 3.8) is 0 Å². The number of phenols is 1. The number of halogens is 1. The molecule has 0 atom stereocenters. The zero-order valence-electron chi connectivity index (χ0n) is 7.53. The number of benzene rings is 1. The van der Waals surface area contributed by atoms with E-state index in [1.165, 1.54) is 12.1 Å². The molecule has 1 rings (SSSR count). The van der Waals surface area contributed by atoms with Crippen molar-refractivity contribution >= 4 is 12.0 Å². The monoisotopic (exact) mass is 182 g/mol.